The van der Waals surface area contributed by atoms with E-state index in [1.165, 1.54) is 0 Å². The second-order valence-corrected chi connectivity index (χ2v) is 3.95. The van der Waals surface area contributed by atoms with Gasteiger partial charge in [0.2, 0.25) is 0 Å². The van der Waals surface area contributed by atoms with Gasteiger partial charge in [-0.3, -0.25) is 10.1 Å². The molecule has 0 bridgehead atoms. The number of hydrogen-bond acceptors (Lipinski definition) is 2. The summed E-state index contributed by atoms with van der Waals surface area (Å²) in [6.45, 7) is 2.07. The van der Waals surface area contributed by atoms with Gasteiger partial charge in [0.1, 0.15) is 6.04 Å². The van der Waals surface area contributed by atoms with Gasteiger partial charge in [-0.05, 0) is 24.0 Å². The molecule has 0 aromatic heterocycles. The number of fused-ring (bicyclic) bond motifs is 1. The summed E-state index contributed by atoms with van der Waals surface area (Å²) in [5.74, 6) is -0.791. The first-order valence-electron chi connectivity index (χ1n) is 5.29. The Hall–Kier alpha value is -1.35. The van der Waals surface area contributed by atoms with Gasteiger partial charge in [0.15, 0.2) is 0 Å². The van der Waals surface area contributed by atoms with E-state index >= 15 is 0 Å². The van der Waals surface area contributed by atoms with E-state index in [-0.39, 0.29) is 6.04 Å². The molecule has 1 aliphatic heterocycles. The van der Waals surface area contributed by atoms with E-state index in [1.807, 2.05) is 24.3 Å². The Bertz CT molecular complexity index is 376. The molecule has 80 valence electrons. The van der Waals surface area contributed by atoms with Gasteiger partial charge in [0.25, 0.3) is 0 Å². The lowest BCUT2D eigenvalue weighted by atomic mass is 9.89. The van der Waals surface area contributed by atoms with Crippen LogP contribution < -0.4 is 5.32 Å². The molecule has 3 nitrogen and oxygen atoms in total. The molecule has 0 spiro atoms. The lowest BCUT2D eigenvalue weighted by molar-refractivity contribution is -0.140. The van der Waals surface area contributed by atoms with E-state index in [2.05, 4.69) is 12.2 Å². The molecule has 0 amide bonds. The summed E-state index contributed by atoms with van der Waals surface area (Å²) in [7, 11) is 0. The topological polar surface area (TPSA) is 49.3 Å². The van der Waals surface area contributed by atoms with Crippen LogP contribution in [-0.4, -0.2) is 17.1 Å². The molecule has 0 radical (unpaired) electrons. The molecule has 1 aliphatic rings. The molecule has 2 unspecified atom stereocenters. The van der Waals surface area contributed by atoms with Crippen molar-refractivity contribution in [3.05, 3.63) is 35.4 Å². The summed E-state index contributed by atoms with van der Waals surface area (Å²) in [6.07, 6.45) is 1.88. The predicted molar refractivity (Wildman–Crippen MR) is 57.7 cm³/mol. The molecule has 0 fully saturated rings. The van der Waals surface area contributed by atoms with E-state index in [4.69, 9.17) is 5.11 Å². The van der Waals surface area contributed by atoms with Gasteiger partial charge in [0.05, 0.1) is 0 Å². The Labute approximate surface area is 89.1 Å². The zero-order valence-corrected chi connectivity index (χ0v) is 8.73. The number of benzene rings is 1. The number of carbonyl (C=O) groups is 1. The summed E-state index contributed by atoms with van der Waals surface area (Å²) >= 11 is 0. The van der Waals surface area contributed by atoms with E-state index in [0.29, 0.717) is 0 Å². The predicted octanol–water partition coefficient (Wildman–Crippen LogP) is 1.74. The van der Waals surface area contributed by atoms with Crippen molar-refractivity contribution in [1.29, 1.82) is 0 Å². The fraction of sp³-hybridized carbons (Fsp3) is 0.417. The summed E-state index contributed by atoms with van der Waals surface area (Å²) in [4.78, 5) is 11.1. The maximum Gasteiger partial charge on any atom is 0.325 e. The highest BCUT2D eigenvalue weighted by molar-refractivity contribution is 5.76. The van der Waals surface area contributed by atoms with Crippen LogP contribution in [-0.2, 0) is 11.2 Å². The first-order valence-corrected chi connectivity index (χ1v) is 5.29. The highest BCUT2D eigenvalue weighted by Gasteiger charge is 2.29. The van der Waals surface area contributed by atoms with Crippen LogP contribution in [0.4, 0.5) is 0 Å². The van der Waals surface area contributed by atoms with Crippen molar-refractivity contribution in [3.63, 3.8) is 0 Å². The third kappa shape index (κ3) is 1.88. The molecule has 0 saturated carbocycles. The van der Waals surface area contributed by atoms with Crippen LogP contribution in [0.5, 0.6) is 0 Å². The summed E-state index contributed by atoms with van der Waals surface area (Å²) < 4.78 is 0. The number of hydrogen-bond donors (Lipinski definition) is 2. The fourth-order valence-corrected chi connectivity index (χ4v) is 2.12. The van der Waals surface area contributed by atoms with Gasteiger partial charge in [-0.25, -0.2) is 0 Å². The zero-order chi connectivity index (χ0) is 10.8. The number of carboxylic acids is 1. The van der Waals surface area contributed by atoms with Crippen LogP contribution in [0.1, 0.15) is 30.5 Å². The van der Waals surface area contributed by atoms with Crippen molar-refractivity contribution in [1.82, 2.24) is 5.32 Å². The average molecular weight is 205 g/mol. The van der Waals surface area contributed by atoms with Crippen LogP contribution >= 0.6 is 0 Å². The summed E-state index contributed by atoms with van der Waals surface area (Å²) in [6, 6.07) is 7.52. The third-order valence-electron chi connectivity index (χ3n) is 2.97. The highest BCUT2D eigenvalue weighted by atomic mass is 16.4. The summed E-state index contributed by atoms with van der Waals surface area (Å²) in [5.41, 5.74) is 2.07. The van der Waals surface area contributed by atoms with E-state index in [0.717, 1.165) is 24.0 Å². The highest BCUT2D eigenvalue weighted by Crippen LogP contribution is 2.26. The number of aliphatic carboxylic acids is 1. The Morgan fingerprint density at radius 1 is 1.53 bits per heavy atom. The quantitative estimate of drug-likeness (QED) is 0.773. The van der Waals surface area contributed by atoms with Crippen molar-refractivity contribution in [2.75, 3.05) is 0 Å². The van der Waals surface area contributed by atoms with Gasteiger partial charge in [-0.1, -0.05) is 31.2 Å². The molecule has 15 heavy (non-hydrogen) atoms. The monoisotopic (exact) mass is 205 g/mol. The van der Waals surface area contributed by atoms with Gasteiger partial charge >= 0.3 is 5.97 Å². The second-order valence-electron chi connectivity index (χ2n) is 3.95. The molecular formula is C12H15NO2. The van der Waals surface area contributed by atoms with E-state index < -0.39 is 12.0 Å². The average Bonchev–Trinajstić information content (AvgIpc) is 2.27. The SMILES string of the molecule is CCC1Cc2ccccc2C(C(=O)O)N1. The van der Waals surface area contributed by atoms with Gasteiger partial charge < -0.3 is 5.11 Å². The molecule has 1 heterocycles. The van der Waals surface area contributed by atoms with E-state index in [9.17, 15) is 4.79 Å². The molecule has 1 aromatic rings. The largest absolute Gasteiger partial charge is 0.480 e. The van der Waals surface area contributed by atoms with Crippen LogP contribution in [0.2, 0.25) is 0 Å². The minimum absolute atomic E-state index is 0.279. The number of carboxylic acid groups (broad SMARTS) is 1. The maximum absolute atomic E-state index is 11.1. The lowest BCUT2D eigenvalue weighted by Crippen LogP contribution is -2.42. The molecule has 3 heteroatoms. The number of rotatable bonds is 2. The van der Waals surface area contributed by atoms with Crippen molar-refractivity contribution in [2.24, 2.45) is 0 Å². The maximum atomic E-state index is 11.1. The van der Waals surface area contributed by atoms with Crippen LogP contribution in [0.25, 0.3) is 0 Å². The molecule has 2 atom stereocenters. The zero-order valence-electron chi connectivity index (χ0n) is 8.73. The lowest BCUT2D eigenvalue weighted by Gasteiger charge is -2.30. The van der Waals surface area contributed by atoms with Crippen LogP contribution in [0, 0.1) is 0 Å². The fourth-order valence-electron chi connectivity index (χ4n) is 2.12. The molecule has 1 aromatic carbocycles. The minimum Gasteiger partial charge on any atom is -0.480 e. The Balaban J connectivity index is 2.38. The normalized spacial score (nSPS) is 24.6. The Morgan fingerprint density at radius 3 is 2.93 bits per heavy atom. The Morgan fingerprint density at radius 2 is 2.27 bits per heavy atom. The minimum atomic E-state index is -0.791. The first kappa shape index (κ1) is 10.2. The van der Waals surface area contributed by atoms with Crippen molar-refractivity contribution < 1.29 is 9.90 Å². The van der Waals surface area contributed by atoms with E-state index in [1.54, 1.807) is 0 Å². The van der Waals surface area contributed by atoms with Crippen LogP contribution in [0.15, 0.2) is 24.3 Å². The molecule has 2 rings (SSSR count). The molecule has 0 saturated heterocycles. The summed E-state index contributed by atoms with van der Waals surface area (Å²) in [5, 5.41) is 12.3. The van der Waals surface area contributed by atoms with Gasteiger partial charge in [-0.2, -0.15) is 0 Å². The van der Waals surface area contributed by atoms with Gasteiger partial charge in [-0.15, -0.1) is 0 Å². The molecular weight excluding hydrogens is 190 g/mol. The smallest absolute Gasteiger partial charge is 0.325 e. The Kier molecular flexibility index (Phi) is 2.73. The standard InChI is InChI=1S/C12H15NO2/c1-2-9-7-8-5-3-4-6-10(8)11(13-9)12(14)15/h3-6,9,11,13H,2,7H2,1H3,(H,14,15). The van der Waals surface area contributed by atoms with Crippen molar-refractivity contribution in [3.8, 4) is 0 Å². The molecule has 0 aliphatic carbocycles. The first-order chi connectivity index (χ1) is 7.22. The third-order valence-corrected chi connectivity index (χ3v) is 2.97. The second kappa shape index (κ2) is 4.03. The van der Waals surface area contributed by atoms with Crippen molar-refractivity contribution >= 4 is 5.97 Å². The van der Waals surface area contributed by atoms with Gasteiger partial charge in [0, 0.05) is 6.04 Å². The molecule has 2 N–H and O–H groups in total. The van der Waals surface area contributed by atoms with Crippen molar-refractivity contribution in [2.45, 2.75) is 31.8 Å². The van der Waals surface area contributed by atoms with Crippen LogP contribution in [0.3, 0.4) is 0 Å². The number of nitrogens with one attached hydrogen (secondary N) is 1.